The SMILES string of the molecule is Cc1ccc(S(=O)(=O)N2CCCC(C(=O)Nc3ccc(N4CCN(C)CC4)cc3)C2)s1. The van der Waals surface area contributed by atoms with Crippen molar-refractivity contribution in [2.75, 3.05) is 56.5 Å². The minimum atomic E-state index is -3.54. The average molecular weight is 463 g/mol. The lowest BCUT2D eigenvalue weighted by Crippen LogP contribution is -2.44. The summed E-state index contributed by atoms with van der Waals surface area (Å²) in [5.41, 5.74) is 1.91. The van der Waals surface area contributed by atoms with Crippen LogP contribution in [0.4, 0.5) is 11.4 Å². The molecule has 1 aromatic carbocycles. The number of amides is 1. The highest BCUT2D eigenvalue weighted by molar-refractivity contribution is 7.91. The summed E-state index contributed by atoms with van der Waals surface area (Å²) in [7, 11) is -1.41. The molecule has 9 heteroatoms. The number of piperidine rings is 1. The fourth-order valence-electron chi connectivity index (χ4n) is 4.12. The lowest BCUT2D eigenvalue weighted by molar-refractivity contribution is -0.120. The normalized spacial score (nSPS) is 21.2. The first-order valence-corrected chi connectivity index (χ1v) is 13.0. The maximum Gasteiger partial charge on any atom is 0.252 e. The van der Waals surface area contributed by atoms with Gasteiger partial charge in [0.05, 0.1) is 5.92 Å². The van der Waals surface area contributed by atoms with Gasteiger partial charge in [-0.15, -0.1) is 11.3 Å². The van der Waals surface area contributed by atoms with E-state index >= 15 is 0 Å². The highest BCUT2D eigenvalue weighted by Crippen LogP contribution is 2.29. The molecule has 4 rings (SSSR count). The van der Waals surface area contributed by atoms with Gasteiger partial charge in [0.25, 0.3) is 10.0 Å². The third-order valence-electron chi connectivity index (χ3n) is 6.07. The van der Waals surface area contributed by atoms with Crippen LogP contribution in [0.2, 0.25) is 0 Å². The molecule has 0 spiro atoms. The summed E-state index contributed by atoms with van der Waals surface area (Å²) in [6.07, 6.45) is 1.38. The lowest BCUT2D eigenvalue weighted by Gasteiger charge is -2.34. The van der Waals surface area contributed by atoms with Gasteiger partial charge in [-0.1, -0.05) is 0 Å². The second kappa shape index (κ2) is 9.28. The van der Waals surface area contributed by atoms with Gasteiger partial charge in [-0.3, -0.25) is 4.79 Å². The standard InChI is InChI=1S/C22H30N4O3S2/c1-17-5-10-21(30-17)31(28,29)26-11-3-4-18(16-26)22(27)23-19-6-8-20(9-7-19)25-14-12-24(2)13-15-25/h5-10,18H,3-4,11-16H2,1-2H3,(H,23,27). The van der Waals surface area contributed by atoms with E-state index < -0.39 is 10.0 Å². The van der Waals surface area contributed by atoms with E-state index in [0.29, 0.717) is 23.6 Å². The van der Waals surface area contributed by atoms with Crippen LogP contribution in [-0.4, -0.2) is 69.8 Å². The quantitative estimate of drug-likeness (QED) is 0.740. The molecular formula is C22H30N4O3S2. The minimum Gasteiger partial charge on any atom is -0.369 e. The summed E-state index contributed by atoms with van der Waals surface area (Å²) < 4.78 is 27.7. The van der Waals surface area contributed by atoms with E-state index in [1.54, 1.807) is 6.07 Å². The molecule has 1 N–H and O–H groups in total. The van der Waals surface area contributed by atoms with E-state index in [4.69, 9.17) is 0 Å². The summed E-state index contributed by atoms with van der Waals surface area (Å²) in [6.45, 7) is 6.67. The van der Waals surface area contributed by atoms with Gasteiger partial charge < -0.3 is 15.1 Å². The maximum atomic E-state index is 12.9. The molecule has 7 nitrogen and oxygen atoms in total. The van der Waals surface area contributed by atoms with Crippen molar-refractivity contribution in [2.24, 2.45) is 5.92 Å². The molecule has 1 unspecified atom stereocenters. The van der Waals surface area contributed by atoms with E-state index in [1.807, 2.05) is 37.3 Å². The van der Waals surface area contributed by atoms with Crippen molar-refractivity contribution in [3.63, 3.8) is 0 Å². The Bertz CT molecular complexity index is 1010. The number of hydrogen-bond acceptors (Lipinski definition) is 6. The van der Waals surface area contributed by atoms with Crippen molar-refractivity contribution in [3.05, 3.63) is 41.3 Å². The number of anilines is 2. The average Bonchev–Trinajstić information content (AvgIpc) is 3.22. The second-order valence-electron chi connectivity index (χ2n) is 8.39. The molecule has 2 aliphatic heterocycles. The highest BCUT2D eigenvalue weighted by atomic mass is 32.2. The van der Waals surface area contributed by atoms with Crippen molar-refractivity contribution < 1.29 is 13.2 Å². The van der Waals surface area contributed by atoms with Gasteiger partial charge in [-0.2, -0.15) is 4.31 Å². The van der Waals surface area contributed by atoms with E-state index in [-0.39, 0.29) is 18.4 Å². The van der Waals surface area contributed by atoms with Gasteiger partial charge in [0, 0.05) is 55.5 Å². The van der Waals surface area contributed by atoms with Crippen LogP contribution in [0, 0.1) is 12.8 Å². The molecule has 1 aromatic heterocycles. The van der Waals surface area contributed by atoms with Gasteiger partial charge in [-0.25, -0.2) is 8.42 Å². The molecule has 1 atom stereocenters. The van der Waals surface area contributed by atoms with Crippen molar-refractivity contribution in [1.29, 1.82) is 0 Å². The van der Waals surface area contributed by atoms with Crippen LogP contribution in [0.3, 0.4) is 0 Å². The van der Waals surface area contributed by atoms with E-state index in [9.17, 15) is 13.2 Å². The van der Waals surface area contributed by atoms with Crippen molar-refractivity contribution in [2.45, 2.75) is 24.0 Å². The van der Waals surface area contributed by atoms with E-state index in [2.05, 4.69) is 22.2 Å². The van der Waals surface area contributed by atoms with E-state index in [1.165, 1.54) is 15.6 Å². The van der Waals surface area contributed by atoms with E-state index in [0.717, 1.165) is 42.4 Å². The number of nitrogens with zero attached hydrogens (tertiary/aromatic N) is 3. The molecule has 2 fully saturated rings. The summed E-state index contributed by atoms with van der Waals surface area (Å²) in [4.78, 5) is 18.5. The van der Waals surface area contributed by atoms with Crippen molar-refractivity contribution in [1.82, 2.24) is 9.21 Å². The molecule has 2 aromatic rings. The number of carbonyl (C=O) groups excluding carboxylic acids is 1. The summed E-state index contributed by atoms with van der Waals surface area (Å²) in [5, 5.41) is 2.98. The predicted molar refractivity (Wildman–Crippen MR) is 125 cm³/mol. The topological polar surface area (TPSA) is 73.0 Å². The lowest BCUT2D eigenvalue weighted by atomic mass is 9.98. The Labute approximate surface area is 188 Å². The molecule has 1 amide bonds. The number of likely N-dealkylation sites (N-methyl/N-ethyl adjacent to an activating group) is 1. The molecule has 2 saturated heterocycles. The molecule has 31 heavy (non-hydrogen) atoms. The number of thiophene rings is 1. The Morgan fingerprint density at radius 2 is 1.74 bits per heavy atom. The number of piperazine rings is 1. The Morgan fingerprint density at radius 1 is 1.03 bits per heavy atom. The third-order valence-corrected chi connectivity index (χ3v) is 9.40. The first-order valence-electron chi connectivity index (χ1n) is 10.7. The molecule has 0 saturated carbocycles. The monoisotopic (exact) mass is 462 g/mol. The molecule has 0 bridgehead atoms. The van der Waals surface area contributed by atoms with Crippen LogP contribution in [0.5, 0.6) is 0 Å². The molecule has 3 heterocycles. The minimum absolute atomic E-state index is 0.116. The zero-order chi connectivity index (χ0) is 22.0. The van der Waals surface area contributed by atoms with Crippen LogP contribution in [0.1, 0.15) is 17.7 Å². The van der Waals surface area contributed by atoms with Crippen molar-refractivity contribution in [3.8, 4) is 0 Å². The first kappa shape index (κ1) is 22.3. The summed E-state index contributed by atoms with van der Waals surface area (Å²) in [6, 6.07) is 11.4. The summed E-state index contributed by atoms with van der Waals surface area (Å²) in [5.74, 6) is -0.462. The van der Waals surface area contributed by atoms with Crippen molar-refractivity contribution >= 4 is 38.6 Å². The fourth-order valence-corrected chi connectivity index (χ4v) is 7.08. The second-order valence-corrected chi connectivity index (χ2v) is 11.8. The number of rotatable bonds is 5. The number of benzene rings is 1. The molecule has 168 valence electrons. The van der Waals surface area contributed by atoms with Gasteiger partial charge in [0.2, 0.25) is 5.91 Å². The number of carbonyl (C=O) groups is 1. The number of aryl methyl sites for hydroxylation is 1. The fraction of sp³-hybridized carbons (Fsp3) is 0.500. The molecule has 0 radical (unpaired) electrons. The third kappa shape index (κ3) is 5.11. The van der Waals surface area contributed by atoms with Crippen LogP contribution >= 0.6 is 11.3 Å². The first-order chi connectivity index (χ1) is 14.8. The smallest absolute Gasteiger partial charge is 0.252 e. The highest BCUT2D eigenvalue weighted by Gasteiger charge is 2.34. The summed E-state index contributed by atoms with van der Waals surface area (Å²) >= 11 is 1.28. The van der Waals surface area contributed by atoms with Crippen LogP contribution < -0.4 is 10.2 Å². The van der Waals surface area contributed by atoms with Gasteiger partial charge in [0.1, 0.15) is 4.21 Å². The Balaban J connectivity index is 1.37. The van der Waals surface area contributed by atoms with Crippen LogP contribution in [0.25, 0.3) is 0 Å². The number of nitrogens with one attached hydrogen (secondary N) is 1. The molecule has 2 aliphatic rings. The van der Waals surface area contributed by atoms with Crippen LogP contribution in [0.15, 0.2) is 40.6 Å². The molecular weight excluding hydrogens is 432 g/mol. The van der Waals surface area contributed by atoms with Crippen LogP contribution in [-0.2, 0) is 14.8 Å². The predicted octanol–water partition coefficient (Wildman–Crippen LogP) is 2.85. The molecule has 0 aliphatic carbocycles. The Morgan fingerprint density at radius 3 is 2.39 bits per heavy atom. The Hall–Kier alpha value is -1.94. The zero-order valence-electron chi connectivity index (χ0n) is 18.1. The zero-order valence-corrected chi connectivity index (χ0v) is 19.7. The number of hydrogen-bond donors (Lipinski definition) is 1. The largest absolute Gasteiger partial charge is 0.369 e. The van der Waals surface area contributed by atoms with Gasteiger partial charge >= 0.3 is 0 Å². The van der Waals surface area contributed by atoms with Gasteiger partial charge in [0.15, 0.2) is 0 Å². The Kier molecular flexibility index (Phi) is 6.66. The maximum absolute atomic E-state index is 12.9. The number of sulfonamides is 1. The van der Waals surface area contributed by atoms with Gasteiger partial charge in [-0.05, 0) is 63.2 Å².